The first-order valence-corrected chi connectivity index (χ1v) is 10.3. The van der Waals surface area contributed by atoms with E-state index in [1.54, 1.807) is 12.1 Å². The van der Waals surface area contributed by atoms with Gasteiger partial charge in [0, 0.05) is 5.56 Å². The van der Waals surface area contributed by atoms with Crippen LogP contribution in [-0.4, -0.2) is 17.9 Å². The minimum absolute atomic E-state index is 0.119. The summed E-state index contributed by atoms with van der Waals surface area (Å²) in [6, 6.07) is 18.3. The summed E-state index contributed by atoms with van der Waals surface area (Å²) in [5, 5.41) is 0. The number of carbonyl (C=O) groups excluding carboxylic acids is 2. The second-order valence-electron chi connectivity index (χ2n) is 8.38. The van der Waals surface area contributed by atoms with Crippen LogP contribution in [0.3, 0.4) is 0 Å². The van der Waals surface area contributed by atoms with Crippen LogP contribution in [0.15, 0.2) is 60.7 Å². The van der Waals surface area contributed by atoms with E-state index in [1.165, 1.54) is 6.42 Å². The minimum Gasteiger partial charge on any atom is -0.461 e. The molecule has 3 heteroatoms. The van der Waals surface area contributed by atoms with E-state index < -0.39 is 11.9 Å². The third-order valence-corrected chi connectivity index (χ3v) is 5.92. The Labute approximate surface area is 168 Å². The Bertz CT molecular complexity index is 782. The topological polar surface area (TPSA) is 43.4 Å². The van der Waals surface area contributed by atoms with Crippen molar-refractivity contribution in [2.45, 2.75) is 52.1 Å². The summed E-state index contributed by atoms with van der Waals surface area (Å²) in [6.45, 7) is 6.58. The van der Waals surface area contributed by atoms with Crippen LogP contribution >= 0.6 is 0 Å². The van der Waals surface area contributed by atoms with Gasteiger partial charge in [-0.3, -0.25) is 9.59 Å². The van der Waals surface area contributed by atoms with E-state index in [4.69, 9.17) is 4.74 Å². The molecule has 1 aliphatic rings. The summed E-state index contributed by atoms with van der Waals surface area (Å²) in [4.78, 5) is 26.5. The van der Waals surface area contributed by atoms with E-state index in [-0.39, 0.29) is 11.9 Å². The highest BCUT2D eigenvalue weighted by molar-refractivity contribution is 6.13. The highest BCUT2D eigenvalue weighted by Crippen LogP contribution is 2.36. The van der Waals surface area contributed by atoms with Gasteiger partial charge in [0.05, 0.1) is 0 Å². The Kier molecular flexibility index (Phi) is 6.66. The van der Waals surface area contributed by atoms with Gasteiger partial charge in [-0.25, -0.2) is 0 Å². The summed E-state index contributed by atoms with van der Waals surface area (Å²) in [5.41, 5.74) is 1.22. The maximum absolute atomic E-state index is 13.3. The molecule has 0 amide bonds. The minimum atomic E-state index is -0.923. The van der Waals surface area contributed by atoms with Crippen LogP contribution in [0.2, 0.25) is 0 Å². The molecule has 148 valence electrons. The average molecular weight is 379 g/mol. The monoisotopic (exact) mass is 378 g/mol. The Morgan fingerprint density at radius 3 is 2.14 bits per heavy atom. The van der Waals surface area contributed by atoms with Gasteiger partial charge in [-0.2, -0.15) is 0 Å². The number of carbonyl (C=O) groups is 2. The summed E-state index contributed by atoms with van der Waals surface area (Å²) in [6.07, 6.45) is 2.99. The zero-order chi connectivity index (χ0) is 20.1. The quantitative estimate of drug-likeness (QED) is 0.370. The molecule has 0 bridgehead atoms. The zero-order valence-corrected chi connectivity index (χ0v) is 17.0. The average Bonchev–Trinajstić information content (AvgIpc) is 2.69. The van der Waals surface area contributed by atoms with E-state index in [0.29, 0.717) is 28.9 Å². The molecule has 0 saturated heterocycles. The van der Waals surface area contributed by atoms with E-state index >= 15 is 0 Å². The van der Waals surface area contributed by atoms with E-state index in [1.807, 2.05) is 48.5 Å². The van der Waals surface area contributed by atoms with Crippen LogP contribution < -0.4 is 0 Å². The number of esters is 1. The van der Waals surface area contributed by atoms with Gasteiger partial charge in [0.15, 0.2) is 5.78 Å². The summed E-state index contributed by atoms with van der Waals surface area (Å²) in [7, 11) is 0. The molecule has 2 aromatic carbocycles. The first kappa shape index (κ1) is 20.3. The van der Waals surface area contributed by atoms with E-state index in [0.717, 1.165) is 12.8 Å². The van der Waals surface area contributed by atoms with Crippen LogP contribution in [0.25, 0.3) is 0 Å². The fraction of sp³-hybridized carbons (Fsp3) is 0.440. The summed E-state index contributed by atoms with van der Waals surface area (Å²) < 4.78 is 6.04. The number of benzene rings is 2. The Morgan fingerprint density at radius 1 is 0.929 bits per heavy atom. The van der Waals surface area contributed by atoms with Gasteiger partial charge in [0.25, 0.3) is 0 Å². The number of Topliss-reactive ketones (excluding diaryl/α,β-unsaturated/α-hetero) is 1. The predicted molar refractivity (Wildman–Crippen MR) is 111 cm³/mol. The Hall–Kier alpha value is -2.42. The molecule has 4 atom stereocenters. The molecule has 0 heterocycles. The Balaban J connectivity index is 1.87. The lowest BCUT2D eigenvalue weighted by Gasteiger charge is -2.37. The Morgan fingerprint density at radius 2 is 1.54 bits per heavy atom. The van der Waals surface area contributed by atoms with Crippen molar-refractivity contribution in [2.75, 3.05) is 0 Å². The molecular formula is C25H30O3. The first-order chi connectivity index (χ1) is 13.5. The predicted octanol–water partition coefficient (Wildman–Crippen LogP) is 5.66. The largest absolute Gasteiger partial charge is 0.461 e. The van der Waals surface area contributed by atoms with E-state index in [9.17, 15) is 9.59 Å². The first-order valence-electron chi connectivity index (χ1n) is 10.3. The number of hydrogen-bond donors (Lipinski definition) is 0. The standard InChI is InChI=1S/C25H30O3/c1-17(2)21-15-14-18(3)16-22(21)28-25(27)23(19-10-6-4-7-11-19)24(26)20-12-8-5-9-13-20/h4-13,17-18,21-23H,14-16H2,1-3H3. The molecule has 1 saturated carbocycles. The van der Waals surface area contributed by atoms with E-state index in [2.05, 4.69) is 20.8 Å². The molecule has 3 nitrogen and oxygen atoms in total. The molecule has 1 fully saturated rings. The van der Waals surface area contributed by atoms with Gasteiger partial charge in [-0.15, -0.1) is 0 Å². The van der Waals surface area contributed by atoms with Crippen molar-refractivity contribution >= 4 is 11.8 Å². The van der Waals surface area contributed by atoms with Crippen LogP contribution in [0.5, 0.6) is 0 Å². The number of ether oxygens (including phenoxy) is 1. The summed E-state index contributed by atoms with van der Waals surface area (Å²) >= 11 is 0. The van der Waals surface area contributed by atoms with Crippen molar-refractivity contribution < 1.29 is 14.3 Å². The van der Waals surface area contributed by atoms with Gasteiger partial charge in [-0.05, 0) is 36.2 Å². The molecule has 28 heavy (non-hydrogen) atoms. The molecule has 0 aliphatic heterocycles. The second-order valence-corrected chi connectivity index (χ2v) is 8.38. The van der Waals surface area contributed by atoms with Gasteiger partial charge >= 0.3 is 5.97 Å². The SMILES string of the molecule is CC1CCC(C(C)C)C(OC(=O)C(C(=O)c2ccccc2)c2ccccc2)C1. The van der Waals surface area contributed by atoms with Gasteiger partial charge in [-0.1, -0.05) is 87.9 Å². The molecule has 2 aromatic rings. The molecule has 1 aliphatic carbocycles. The lowest BCUT2D eigenvalue weighted by atomic mass is 9.75. The van der Waals surface area contributed by atoms with Crippen molar-refractivity contribution in [1.29, 1.82) is 0 Å². The van der Waals surface area contributed by atoms with Crippen molar-refractivity contribution in [2.24, 2.45) is 17.8 Å². The van der Waals surface area contributed by atoms with Crippen molar-refractivity contribution in [3.05, 3.63) is 71.8 Å². The number of ketones is 1. The maximum Gasteiger partial charge on any atom is 0.321 e. The molecule has 3 rings (SSSR count). The molecule has 0 radical (unpaired) electrons. The molecule has 4 unspecified atom stereocenters. The zero-order valence-electron chi connectivity index (χ0n) is 17.0. The van der Waals surface area contributed by atoms with Crippen LogP contribution in [0.1, 0.15) is 61.9 Å². The van der Waals surface area contributed by atoms with Gasteiger partial charge < -0.3 is 4.74 Å². The lowest BCUT2D eigenvalue weighted by Crippen LogP contribution is -2.38. The molecule has 0 spiro atoms. The van der Waals surface area contributed by atoms with Crippen molar-refractivity contribution in [3.8, 4) is 0 Å². The fourth-order valence-corrected chi connectivity index (χ4v) is 4.28. The van der Waals surface area contributed by atoms with Crippen LogP contribution in [0.4, 0.5) is 0 Å². The lowest BCUT2D eigenvalue weighted by molar-refractivity contribution is -0.156. The molecule has 0 aromatic heterocycles. The molecular weight excluding hydrogens is 348 g/mol. The maximum atomic E-state index is 13.3. The van der Waals surface area contributed by atoms with Gasteiger partial charge in [0.1, 0.15) is 12.0 Å². The van der Waals surface area contributed by atoms with Crippen molar-refractivity contribution in [3.63, 3.8) is 0 Å². The third-order valence-electron chi connectivity index (χ3n) is 5.92. The van der Waals surface area contributed by atoms with Crippen LogP contribution in [0, 0.1) is 17.8 Å². The second kappa shape index (κ2) is 9.18. The van der Waals surface area contributed by atoms with Crippen LogP contribution in [-0.2, 0) is 9.53 Å². The fourth-order valence-electron chi connectivity index (χ4n) is 4.28. The third kappa shape index (κ3) is 4.70. The normalized spacial score (nSPS) is 23.2. The smallest absolute Gasteiger partial charge is 0.321 e. The molecule has 0 N–H and O–H groups in total. The van der Waals surface area contributed by atoms with Crippen molar-refractivity contribution in [1.82, 2.24) is 0 Å². The number of rotatable bonds is 6. The van der Waals surface area contributed by atoms with Gasteiger partial charge in [0.2, 0.25) is 0 Å². The summed E-state index contributed by atoms with van der Waals surface area (Å²) in [5.74, 6) is -0.221. The highest BCUT2D eigenvalue weighted by atomic mass is 16.5. The number of hydrogen-bond acceptors (Lipinski definition) is 3. The highest BCUT2D eigenvalue weighted by Gasteiger charge is 2.37.